The molecule has 0 spiro atoms. The highest BCUT2D eigenvalue weighted by Gasteiger charge is 2.43. The first-order valence-corrected chi connectivity index (χ1v) is 8.30. The number of amides is 1. The number of nitro benzene ring substituents is 1. The van der Waals surface area contributed by atoms with E-state index in [9.17, 15) is 33.2 Å². The van der Waals surface area contributed by atoms with Crippen LogP contribution in [0.1, 0.15) is 5.56 Å². The molecule has 0 bridgehead atoms. The van der Waals surface area contributed by atoms with Crippen molar-refractivity contribution in [3.63, 3.8) is 0 Å². The molecule has 0 radical (unpaired) electrons. The van der Waals surface area contributed by atoms with E-state index in [4.69, 9.17) is 0 Å². The summed E-state index contributed by atoms with van der Waals surface area (Å²) in [6.45, 7) is -0.0605. The number of likely N-dealkylation sites (N-methyl/N-ethyl adjacent to an activating group) is 1. The monoisotopic (exact) mass is 440 g/mol. The van der Waals surface area contributed by atoms with Crippen molar-refractivity contribution >= 4 is 33.4 Å². The molecular formula is C14H16BrF3N4O4. The number of nitrogens with zero attached hydrogens (tertiary/aromatic N) is 3. The predicted octanol–water partition coefficient (Wildman–Crippen LogP) is 2.76. The van der Waals surface area contributed by atoms with E-state index in [0.717, 1.165) is 17.0 Å². The van der Waals surface area contributed by atoms with Crippen LogP contribution in [0.2, 0.25) is 0 Å². The van der Waals surface area contributed by atoms with Crippen LogP contribution in [-0.4, -0.2) is 60.3 Å². The van der Waals surface area contributed by atoms with E-state index in [1.54, 1.807) is 7.05 Å². The van der Waals surface area contributed by atoms with Crippen LogP contribution in [0.3, 0.4) is 0 Å². The molecule has 12 heteroatoms. The summed E-state index contributed by atoms with van der Waals surface area (Å²) in [6, 6.07) is 1.35. The molecule has 0 aliphatic carbocycles. The number of anilines is 1. The highest BCUT2D eigenvalue weighted by molar-refractivity contribution is 9.10. The van der Waals surface area contributed by atoms with Gasteiger partial charge in [-0.15, -0.1) is 0 Å². The molecule has 1 heterocycles. The number of benzene rings is 1. The molecule has 1 fully saturated rings. The molecule has 2 rings (SSSR count). The molecule has 2 N–H and O–H groups in total. The number of nitrogens with one attached hydrogen (secondary N) is 1. The minimum atomic E-state index is -4.82. The smallest absolute Gasteiger partial charge is 0.419 e. The second kappa shape index (κ2) is 7.66. The molecule has 0 aromatic heterocycles. The average molecular weight is 441 g/mol. The lowest BCUT2D eigenvalue weighted by molar-refractivity contribution is -0.384. The maximum Gasteiger partial charge on any atom is 0.419 e. The van der Waals surface area contributed by atoms with Crippen molar-refractivity contribution in [3.05, 3.63) is 32.3 Å². The molecule has 1 aromatic rings. The predicted molar refractivity (Wildman–Crippen MR) is 90.5 cm³/mol. The SMILES string of the molecule is CNC[C@H]1CN(c2c([N+](=O)[O-])ccc(Br)c2C(F)(F)F)CCN1C(=O)O. The van der Waals surface area contributed by atoms with Crippen molar-refractivity contribution < 1.29 is 28.0 Å². The molecule has 0 saturated carbocycles. The number of alkyl halides is 3. The van der Waals surface area contributed by atoms with Gasteiger partial charge in [0.2, 0.25) is 0 Å². The van der Waals surface area contributed by atoms with Crippen LogP contribution in [0, 0.1) is 10.1 Å². The number of hydrogen-bond donors (Lipinski definition) is 2. The van der Waals surface area contributed by atoms with E-state index in [-0.39, 0.29) is 30.7 Å². The Kier molecular flexibility index (Phi) is 5.96. The summed E-state index contributed by atoms with van der Waals surface area (Å²) in [4.78, 5) is 24.1. The lowest BCUT2D eigenvalue weighted by Gasteiger charge is -2.41. The van der Waals surface area contributed by atoms with E-state index in [1.807, 2.05) is 0 Å². The first-order chi connectivity index (χ1) is 12.1. The molecular weight excluding hydrogens is 425 g/mol. The maximum absolute atomic E-state index is 13.6. The normalized spacial score (nSPS) is 18.1. The second-order valence-corrected chi connectivity index (χ2v) is 6.53. The number of hydrogen-bond acceptors (Lipinski definition) is 5. The Morgan fingerprint density at radius 3 is 2.62 bits per heavy atom. The minimum Gasteiger partial charge on any atom is -0.465 e. The Morgan fingerprint density at radius 2 is 2.12 bits per heavy atom. The standard InChI is InChI=1S/C14H16BrF3N4O4/c1-19-6-8-7-20(4-5-21(8)13(23)24)12-10(22(25)26)3-2-9(15)11(12)14(16,17)18/h2-3,8,19H,4-7H2,1H3,(H,23,24)/t8-/m0/s1. The summed E-state index contributed by atoms with van der Waals surface area (Å²) in [6.07, 6.45) is -6.01. The number of nitro groups is 1. The Bertz CT molecular complexity index is 716. The molecule has 1 amide bonds. The highest BCUT2D eigenvalue weighted by Crippen LogP contribution is 2.46. The first kappa shape index (κ1) is 20.2. The van der Waals surface area contributed by atoms with Gasteiger partial charge in [0, 0.05) is 36.7 Å². The van der Waals surface area contributed by atoms with E-state index >= 15 is 0 Å². The summed E-state index contributed by atoms with van der Waals surface area (Å²) in [5.41, 5.74) is -2.37. The molecule has 8 nitrogen and oxygen atoms in total. The number of halogens is 4. The average Bonchev–Trinajstić information content (AvgIpc) is 2.53. The molecule has 1 aliphatic rings. The zero-order chi connectivity index (χ0) is 19.6. The van der Waals surface area contributed by atoms with Gasteiger partial charge in [-0.3, -0.25) is 10.1 Å². The van der Waals surface area contributed by atoms with Gasteiger partial charge in [0.25, 0.3) is 5.69 Å². The maximum atomic E-state index is 13.6. The molecule has 0 unspecified atom stereocenters. The van der Waals surface area contributed by atoms with Crippen molar-refractivity contribution in [2.24, 2.45) is 0 Å². The third-order valence-electron chi connectivity index (χ3n) is 4.07. The van der Waals surface area contributed by atoms with Crippen LogP contribution in [-0.2, 0) is 6.18 Å². The van der Waals surface area contributed by atoms with E-state index in [0.29, 0.717) is 0 Å². The highest BCUT2D eigenvalue weighted by atomic mass is 79.9. The largest absolute Gasteiger partial charge is 0.465 e. The van der Waals surface area contributed by atoms with Gasteiger partial charge in [0.1, 0.15) is 11.3 Å². The summed E-state index contributed by atoms with van der Waals surface area (Å²) in [5.74, 6) is 0. The first-order valence-electron chi connectivity index (χ1n) is 7.51. The Morgan fingerprint density at radius 1 is 1.46 bits per heavy atom. The van der Waals surface area contributed by atoms with Gasteiger partial charge >= 0.3 is 12.3 Å². The van der Waals surface area contributed by atoms with Gasteiger partial charge in [-0.2, -0.15) is 13.2 Å². The van der Waals surface area contributed by atoms with Gasteiger partial charge in [0.15, 0.2) is 0 Å². The summed E-state index contributed by atoms with van der Waals surface area (Å²) < 4.78 is 40.4. The lowest BCUT2D eigenvalue weighted by Crippen LogP contribution is -2.58. The van der Waals surface area contributed by atoms with Crippen LogP contribution < -0.4 is 10.2 Å². The van der Waals surface area contributed by atoms with Crippen LogP contribution in [0.4, 0.5) is 29.3 Å². The van der Waals surface area contributed by atoms with Crippen molar-refractivity contribution in [2.45, 2.75) is 12.2 Å². The second-order valence-electron chi connectivity index (χ2n) is 5.68. The zero-order valence-electron chi connectivity index (χ0n) is 13.6. The molecule has 1 atom stereocenters. The Labute approximate surface area is 154 Å². The number of carbonyl (C=O) groups is 1. The molecule has 1 saturated heterocycles. The Balaban J connectivity index is 2.55. The van der Waals surface area contributed by atoms with Gasteiger partial charge in [-0.25, -0.2) is 4.79 Å². The molecule has 1 aromatic carbocycles. The van der Waals surface area contributed by atoms with Crippen molar-refractivity contribution in [2.75, 3.05) is 38.1 Å². The van der Waals surface area contributed by atoms with Crippen molar-refractivity contribution in [1.29, 1.82) is 0 Å². The quantitative estimate of drug-likeness (QED) is 0.551. The molecule has 1 aliphatic heterocycles. The van der Waals surface area contributed by atoms with Crippen LogP contribution in [0.15, 0.2) is 16.6 Å². The van der Waals surface area contributed by atoms with Crippen molar-refractivity contribution in [3.8, 4) is 0 Å². The fourth-order valence-corrected chi connectivity index (χ4v) is 3.56. The van der Waals surface area contributed by atoms with Gasteiger partial charge in [-0.05, 0) is 13.1 Å². The molecule has 144 valence electrons. The minimum absolute atomic E-state index is 0.0668. The van der Waals surface area contributed by atoms with E-state index < -0.39 is 40.2 Å². The van der Waals surface area contributed by atoms with E-state index in [2.05, 4.69) is 21.2 Å². The number of piperazine rings is 1. The number of rotatable bonds is 4. The van der Waals surface area contributed by atoms with Gasteiger partial charge in [0.05, 0.1) is 11.0 Å². The third kappa shape index (κ3) is 4.01. The third-order valence-corrected chi connectivity index (χ3v) is 4.73. The van der Waals surface area contributed by atoms with Crippen LogP contribution in [0.25, 0.3) is 0 Å². The van der Waals surface area contributed by atoms with Gasteiger partial charge < -0.3 is 20.2 Å². The van der Waals surface area contributed by atoms with E-state index in [1.165, 1.54) is 4.90 Å². The van der Waals surface area contributed by atoms with Gasteiger partial charge in [-0.1, -0.05) is 15.9 Å². The number of carboxylic acid groups (broad SMARTS) is 1. The topological polar surface area (TPSA) is 99.0 Å². The Hall–Kier alpha value is -2.08. The molecule has 26 heavy (non-hydrogen) atoms. The fraction of sp³-hybridized carbons (Fsp3) is 0.500. The fourth-order valence-electron chi connectivity index (χ4n) is 3.01. The summed E-state index contributed by atoms with van der Waals surface area (Å²) in [5, 5.41) is 23.4. The summed E-state index contributed by atoms with van der Waals surface area (Å²) in [7, 11) is 1.58. The lowest BCUT2D eigenvalue weighted by atomic mass is 10.1. The summed E-state index contributed by atoms with van der Waals surface area (Å²) >= 11 is 2.83. The van der Waals surface area contributed by atoms with Crippen LogP contribution >= 0.6 is 15.9 Å². The van der Waals surface area contributed by atoms with Crippen molar-refractivity contribution in [1.82, 2.24) is 10.2 Å². The zero-order valence-corrected chi connectivity index (χ0v) is 15.2. The van der Waals surface area contributed by atoms with Crippen LogP contribution in [0.5, 0.6) is 0 Å².